The Morgan fingerprint density at radius 1 is 1.25 bits per heavy atom. The quantitative estimate of drug-likeness (QED) is 0.412. The molecule has 0 aromatic heterocycles. The van der Waals surface area contributed by atoms with Crippen LogP contribution in [0.15, 0.2) is 25.2 Å². The van der Waals surface area contributed by atoms with Crippen molar-refractivity contribution in [3.05, 3.63) is 25.2 Å². The van der Waals surface area contributed by atoms with Gasteiger partial charge in [0.05, 0.1) is 25.2 Å². The van der Waals surface area contributed by atoms with Gasteiger partial charge in [-0.15, -0.1) is 0 Å². The molecule has 3 nitrogen and oxygen atoms in total. The van der Waals surface area contributed by atoms with E-state index in [1.807, 2.05) is 0 Å². The molecular formula is C9H16O3. The molecule has 0 fully saturated rings. The van der Waals surface area contributed by atoms with Crippen molar-refractivity contribution in [1.82, 2.24) is 0 Å². The summed E-state index contributed by atoms with van der Waals surface area (Å²) in [6, 6.07) is 0. The molecule has 0 bridgehead atoms. The molecule has 0 aromatic carbocycles. The van der Waals surface area contributed by atoms with E-state index >= 15 is 0 Å². The molecule has 0 aliphatic rings. The van der Waals surface area contributed by atoms with Crippen molar-refractivity contribution < 1.29 is 14.2 Å². The fraction of sp³-hybridized carbons (Fsp3) is 0.556. The van der Waals surface area contributed by atoms with Crippen LogP contribution in [0.3, 0.4) is 0 Å². The molecule has 0 rings (SSSR count). The smallest absolute Gasteiger partial charge is 0.111 e. The van der Waals surface area contributed by atoms with E-state index in [1.165, 1.54) is 6.26 Å². The largest absolute Gasteiger partial charge is 0.499 e. The lowest BCUT2D eigenvalue weighted by Crippen LogP contribution is -2.07. The zero-order valence-corrected chi connectivity index (χ0v) is 7.54. The first-order chi connectivity index (χ1) is 5.77. The number of ether oxygens (including phenoxy) is 3. The highest BCUT2D eigenvalue weighted by Crippen LogP contribution is 1.89. The van der Waals surface area contributed by atoms with E-state index in [0.29, 0.717) is 32.2 Å². The number of rotatable bonds is 8. The third kappa shape index (κ3) is 9.04. The van der Waals surface area contributed by atoms with Crippen LogP contribution < -0.4 is 0 Å². The topological polar surface area (TPSA) is 27.7 Å². The second-order valence-corrected chi connectivity index (χ2v) is 2.20. The SMILES string of the molecule is C=COCCOCCOC(=C)C. The fourth-order valence-corrected chi connectivity index (χ4v) is 0.567. The first-order valence-electron chi connectivity index (χ1n) is 3.86. The van der Waals surface area contributed by atoms with Crippen LogP contribution in [0.1, 0.15) is 6.92 Å². The number of hydrogen-bond donors (Lipinski definition) is 0. The van der Waals surface area contributed by atoms with Crippen molar-refractivity contribution in [2.45, 2.75) is 6.92 Å². The van der Waals surface area contributed by atoms with Gasteiger partial charge in [0.25, 0.3) is 0 Å². The zero-order chi connectivity index (χ0) is 9.23. The van der Waals surface area contributed by atoms with E-state index in [-0.39, 0.29) is 0 Å². The predicted octanol–water partition coefficient (Wildman–Crippen LogP) is 1.71. The Morgan fingerprint density at radius 2 is 1.92 bits per heavy atom. The monoisotopic (exact) mass is 172 g/mol. The Labute approximate surface area is 73.6 Å². The molecule has 0 unspecified atom stereocenters. The van der Waals surface area contributed by atoms with Gasteiger partial charge in [-0.2, -0.15) is 0 Å². The molecule has 0 heterocycles. The minimum absolute atomic E-state index is 0.538. The van der Waals surface area contributed by atoms with Gasteiger partial charge in [-0.3, -0.25) is 0 Å². The van der Waals surface area contributed by atoms with Gasteiger partial charge >= 0.3 is 0 Å². The molecule has 12 heavy (non-hydrogen) atoms. The second kappa shape index (κ2) is 8.14. The van der Waals surface area contributed by atoms with E-state index in [9.17, 15) is 0 Å². The van der Waals surface area contributed by atoms with E-state index < -0.39 is 0 Å². The summed E-state index contributed by atoms with van der Waals surface area (Å²) in [7, 11) is 0. The van der Waals surface area contributed by atoms with E-state index in [1.54, 1.807) is 6.92 Å². The van der Waals surface area contributed by atoms with Crippen molar-refractivity contribution in [2.24, 2.45) is 0 Å². The average molecular weight is 172 g/mol. The third-order valence-corrected chi connectivity index (χ3v) is 1.04. The standard InChI is InChI=1S/C9H16O3/c1-4-10-5-6-11-7-8-12-9(2)3/h4H,1-2,5-8H2,3H3. The molecule has 3 heteroatoms. The molecule has 0 saturated heterocycles. The van der Waals surface area contributed by atoms with Gasteiger partial charge < -0.3 is 14.2 Å². The maximum absolute atomic E-state index is 5.15. The lowest BCUT2D eigenvalue weighted by atomic mass is 10.6. The summed E-state index contributed by atoms with van der Waals surface area (Å²) in [6.45, 7) is 11.0. The van der Waals surface area contributed by atoms with Crippen molar-refractivity contribution in [1.29, 1.82) is 0 Å². The Morgan fingerprint density at radius 3 is 2.50 bits per heavy atom. The fourth-order valence-electron chi connectivity index (χ4n) is 0.567. The summed E-state index contributed by atoms with van der Waals surface area (Å²) in [4.78, 5) is 0. The van der Waals surface area contributed by atoms with Crippen LogP contribution in [0.25, 0.3) is 0 Å². The van der Waals surface area contributed by atoms with Gasteiger partial charge in [-0.25, -0.2) is 0 Å². The Hall–Kier alpha value is -0.960. The van der Waals surface area contributed by atoms with Crippen molar-refractivity contribution in [3.8, 4) is 0 Å². The normalized spacial score (nSPS) is 9.08. The highest BCUT2D eigenvalue weighted by atomic mass is 16.5. The number of allylic oxidation sites excluding steroid dienone is 1. The summed E-state index contributed by atoms with van der Waals surface area (Å²) in [5.74, 6) is 0.709. The van der Waals surface area contributed by atoms with Crippen LogP contribution in [0, 0.1) is 0 Å². The molecule has 0 saturated carbocycles. The molecule has 0 aliphatic heterocycles. The minimum atomic E-state index is 0.538. The van der Waals surface area contributed by atoms with Gasteiger partial charge in [0.1, 0.15) is 13.2 Å². The highest BCUT2D eigenvalue weighted by molar-refractivity contribution is 4.72. The summed E-state index contributed by atoms with van der Waals surface area (Å²) in [5.41, 5.74) is 0. The zero-order valence-electron chi connectivity index (χ0n) is 7.54. The Kier molecular flexibility index (Phi) is 7.49. The summed E-state index contributed by atoms with van der Waals surface area (Å²) >= 11 is 0. The van der Waals surface area contributed by atoms with Gasteiger partial charge in [0.15, 0.2) is 0 Å². The van der Waals surface area contributed by atoms with Crippen molar-refractivity contribution in [3.63, 3.8) is 0 Å². The molecule has 0 amide bonds. The Balaban J connectivity index is 2.90. The maximum Gasteiger partial charge on any atom is 0.111 e. The molecule has 0 N–H and O–H groups in total. The summed E-state index contributed by atoms with van der Waals surface area (Å²) < 4.78 is 15.1. The second-order valence-electron chi connectivity index (χ2n) is 2.20. The van der Waals surface area contributed by atoms with Crippen LogP contribution in [0.4, 0.5) is 0 Å². The molecule has 0 atom stereocenters. The summed E-state index contributed by atoms with van der Waals surface area (Å²) in [6.07, 6.45) is 1.40. The Bertz CT molecular complexity index is 132. The van der Waals surface area contributed by atoms with Crippen LogP contribution in [-0.2, 0) is 14.2 Å². The van der Waals surface area contributed by atoms with Gasteiger partial charge in [0, 0.05) is 0 Å². The van der Waals surface area contributed by atoms with Gasteiger partial charge in [-0.1, -0.05) is 13.2 Å². The molecular weight excluding hydrogens is 156 g/mol. The van der Waals surface area contributed by atoms with Crippen LogP contribution in [-0.4, -0.2) is 26.4 Å². The van der Waals surface area contributed by atoms with E-state index in [0.717, 1.165) is 0 Å². The average Bonchev–Trinajstić information content (AvgIpc) is 2.02. The van der Waals surface area contributed by atoms with E-state index in [2.05, 4.69) is 13.2 Å². The van der Waals surface area contributed by atoms with Gasteiger partial charge in [0.2, 0.25) is 0 Å². The predicted molar refractivity (Wildman–Crippen MR) is 47.7 cm³/mol. The lowest BCUT2D eigenvalue weighted by Gasteiger charge is -2.05. The van der Waals surface area contributed by atoms with Crippen LogP contribution >= 0.6 is 0 Å². The lowest BCUT2D eigenvalue weighted by molar-refractivity contribution is 0.0505. The molecule has 70 valence electrons. The molecule has 0 aliphatic carbocycles. The third-order valence-electron chi connectivity index (χ3n) is 1.04. The van der Waals surface area contributed by atoms with E-state index in [4.69, 9.17) is 14.2 Å². The first-order valence-corrected chi connectivity index (χ1v) is 3.86. The van der Waals surface area contributed by atoms with Crippen LogP contribution in [0.2, 0.25) is 0 Å². The van der Waals surface area contributed by atoms with Gasteiger partial charge in [-0.05, 0) is 6.92 Å². The minimum Gasteiger partial charge on any atom is -0.499 e. The molecule has 0 spiro atoms. The summed E-state index contributed by atoms with van der Waals surface area (Å²) in [5, 5.41) is 0. The molecule has 0 aromatic rings. The first kappa shape index (κ1) is 11.0. The van der Waals surface area contributed by atoms with Crippen molar-refractivity contribution >= 4 is 0 Å². The maximum atomic E-state index is 5.15. The van der Waals surface area contributed by atoms with Crippen LogP contribution in [0.5, 0.6) is 0 Å². The van der Waals surface area contributed by atoms with Crippen molar-refractivity contribution in [2.75, 3.05) is 26.4 Å². The molecule has 0 radical (unpaired) electrons. The highest BCUT2D eigenvalue weighted by Gasteiger charge is 1.88. The number of hydrogen-bond acceptors (Lipinski definition) is 3.